The van der Waals surface area contributed by atoms with Gasteiger partial charge in [0.05, 0.1) is 12.2 Å². The minimum atomic E-state index is -3.58. The number of nitrogens with one attached hydrogen (secondary N) is 2. The van der Waals surface area contributed by atoms with Crippen LogP contribution in [-0.2, 0) is 23.6 Å². The monoisotopic (exact) mass is 421 g/mol. The Morgan fingerprint density at radius 2 is 2.14 bits per heavy atom. The molecule has 160 valence electrons. The average Bonchev–Trinajstić information content (AvgIpc) is 3.05. The van der Waals surface area contributed by atoms with Crippen molar-refractivity contribution in [3.63, 3.8) is 0 Å². The second-order valence-electron chi connectivity index (χ2n) is 7.05. The molecular formula is C19H31N7O2S. The van der Waals surface area contributed by atoms with E-state index in [1.54, 1.807) is 6.07 Å². The third kappa shape index (κ3) is 6.53. The van der Waals surface area contributed by atoms with Gasteiger partial charge in [0.25, 0.3) is 0 Å². The van der Waals surface area contributed by atoms with E-state index in [4.69, 9.17) is 0 Å². The Bertz CT molecular complexity index is 908. The van der Waals surface area contributed by atoms with Crippen molar-refractivity contribution in [1.29, 1.82) is 0 Å². The van der Waals surface area contributed by atoms with Gasteiger partial charge in [-0.1, -0.05) is 13.8 Å². The van der Waals surface area contributed by atoms with E-state index >= 15 is 0 Å². The van der Waals surface area contributed by atoms with Crippen LogP contribution in [0.3, 0.4) is 0 Å². The van der Waals surface area contributed by atoms with Crippen LogP contribution in [0, 0.1) is 0 Å². The average molecular weight is 422 g/mol. The third-order valence-corrected chi connectivity index (χ3v) is 5.64. The first-order valence-electron chi connectivity index (χ1n) is 9.66. The number of sulfonamides is 1. The predicted octanol–water partition coefficient (Wildman–Crippen LogP) is 1.31. The maximum absolute atomic E-state index is 12.2. The molecule has 0 aliphatic heterocycles. The Labute approximate surface area is 173 Å². The van der Waals surface area contributed by atoms with Crippen molar-refractivity contribution in [1.82, 2.24) is 29.7 Å². The van der Waals surface area contributed by atoms with Gasteiger partial charge in [0, 0.05) is 57.9 Å². The fourth-order valence-corrected chi connectivity index (χ4v) is 3.88. The van der Waals surface area contributed by atoms with Crippen LogP contribution in [0.1, 0.15) is 37.9 Å². The molecule has 0 fully saturated rings. The molecule has 0 aliphatic carbocycles. The van der Waals surface area contributed by atoms with Gasteiger partial charge < -0.3 is 10.2 Å². The van der Waals surface area contributed by atoms with Gasteiger partial charge in [-0.15, -0.1) is 0 Å². The predicted molar refractivity (Wildman–Crippen MR) is 114 cm³/mol. The zero-order valence-electron chi connectivity index (χ0n) is 17.8. The Morgan fingerprint density at radius 1 is 1.38 bits per heavy atom. The minimum Gasteiger partial charge on any atom is -0.357 e. The number of rotatable bonds is 9. The van der Waals surface area contributed by atoms with E-state index in [0.29, 0.717) is 31.5 Å². The van der Waals surface area contributed by atoms with Crippen LogP contribution in [-0.4, -0.2) is 60.7 Å². The van der Waals surface area contributed by atoms with E-state index in [1.165, 1.54) is 18.5 Å². The molecule has 0 bridgehead atoms. The van der Waals surface area contributed by atoms with Gasteiger partial charge in [0.15, 0.2) is 5.96 Å². The molecule has 2 aromatic rings. The van der Waals surface area contributed by atoms with Gasteiger partial charge in [-0.3, -0.25) is 14.7 Å². The number of nitrogens with zero attached hydrogens (tertiary/aromatic N) is 5. The number of guanidine groups is 1. The van der Waals surface area contributed by atoms with Gasteiger partial charge in [-0.25, -0.2) is 13.1 Å². The zero-order chi connectivity index (χ0) is 21.4. The van der Waals surface area contributed by atoms with Crippen LogP contribution < -0.4 is 10.0 Å². The molecule has 0 amide bonds. The third-order valence-electron chi connectivity index (χ3n) is 4.20. The second-order valence-corrected chi connectivity index (χ2v) is 8.81. The molecule has 0 radical (unpaired) electrons. The molecule has 2 heterocycles. The van der Waals surface area contributed by atoms with Gasteiger partial charge in [-0.2, -0.15) is 5.10 Å². The first-order chi connectivity index (χ1) is 13.7. The fraction of sp³-hybridized carbons (Fsp3) is 0.526. The number of pyridine rings is 1. The Kier molecular flexibility index (Phi) is 8.15. The van der Waals surface area contributed by atoms with Crippen LogP contribution in [0.15, 0.2) is 40.6 Å². The highest BCUT2D eigenvalue weighted by molar-refractivity contribution is 7.89. The van der Waals surface area contributed by atoms with Crippen molar-refractivity contribution < 1.29 is 8.42 Å². The van der Waals surface area contributed by atoms with Crippen LogP contribution in [0.2, 0.25) is 0 Å². The standard InChI is InChI=1S/C19H31N7O2S/c1-6-21-19(25(4)13-16-14-26(5)24-18(16)15(2)3)22-10-11-23-29(27,28)17-8-7-9-20-12-17/h7-9,12,14-15,23H,6,10-11,13H2,1-5H3,(H,21,22). The van der Waals surface area contributed by atoms with E-state index in [1.807, 2.05) is 36.8 Å². The SMILES string of the molecule is CCNC(=NCCNS(=O)(=O)c1cccnc1)N(C)Cc1cn(C)nc1C(C)C. The summed E-state index contributed by atoms with van der Waals surface area (Å²) in [6.45, 7) is 8.14. The summed E-state index contributed by atoms with van der Waals surface area (Å²) in [4.78, 5) is 10.6. The van der Waals surface area contributed by atoms with Gasteiger partial charge >= 0.3 is 0 Å². The largest absolute Gasteiger partial charge is 0.357 e. The first kappa shape index (κ1) is 22.8. The summed E-state index contributed by atoms with van der Waals surface area (Å²) in [7, 11) is 0.298. The van der Waals surface area contributed by atoms with Crippen LogP contribution in [0.4, 0.5) is 0 Å². The molecule has 2 aromatic heterocycles. The maximum Gasteiger partial charge on any atom is 0.242 e. The van der Waals surface area contributed by atoms with Crippen LogP contribution in [0.5, 0.6) is 0 Å². The fourth-order valence-electron chi connectivity index (χ4n) is 2.89. The lowest BCUT2D eigenvalue weighted by Crippen LogP contribution is -2.39. The number of aliphatic imine (C=N–C) groups is 1. The summed E-state index contributed by atoms with van der Waals surface area (Å²) in [5.41, 5.74) is 2.22. The molecule has 0 unspecified atom stereocenters. The number of aryl methyl sites for hydroxylation is 1. The summed E-state index contributed by atoms with van der Waals surface area (Å²) in [5, 5.41) is 7.80. The van der Waals surface area contributed by atoms with Gasteiger partial charge in [-0.05, 0) is 25.0 Å². The molecule has 0 spiro atoms. The normalized spacial score (nSPS) is 12.4. The summed E-state index contributed by atoms with van der Waals surface area (Å²) < 4.78 is 28.9. The Hall–Kier alpha value is -2.46. The summed E-state index contributed by atoms with van der Waals surface area (Å²) in [6.07, 6.45) is 4.88. The van der Waals surface area contributed by atoms with E-state index in [0.717, 1.165) is 11.3 Å². The van der Waals surface area contributed by atoms with Crippen molar-refractivity contribution in [3.8, 4) is 0 Å². The summed E-state index contributed by atoms with van der Waals surface area (Å²) in [6, 6.07) is 3.10. The molecule has 0 saturated carbocycles. The second kappa shape index (κ2) is 10.4. The molecular weight excluding hydrogens is 390 g/mol. The highest BCUT2D eigenvalue weighted by Crippen LogP contribution is 2.18. The molecule has 0 atom stereocenters. The minimum absolute atomic E-state index is 0.144. The lowest BCUT2D eigenvalue weighted by atomic mass is 10.1. The van der Waals surface area contributed by atoms with Gasteiger partial charge in [0.2, 0.25) is 10.0 Å². The van der Waals surface area contributed by atoms with Crippen molar-refractivity contribution in [2.75, 3.05) is 26.7 Å². The topological polar surface area (TPSA) is 105 Å². The van der Waals surface area contributed by atoms with E-state index in [2.05, 4.69) is 39.0 Å². The zero-order valence-corrected chi connectivity index (χ0v) is 18.6. The van der Waals surface area contributed by atoms with Gasteiger partial charge in [0.1, 0.15) is 4.90 Å². The smallest absolute Gasteiger partial charge is 0.242 e. The van der Waals surface area contributed by atoms with Crippen molar-refractivity contribution in [3.05, 3.63) is 42.0 Å². The van der Waals surface area contributed by atoms with Crippen molar-refractivity contribution >= 4 is 16.0 Å². The molecule has 9 nitrogen and oxygen atoms in total. The molecule has 0 aliphatic rings. The molecule has 2 N–H and O–H groups in total. The van der Waals surface area contributed by atoms with Crippen molar-refractivity contribution in [2.45, 2.75) is 38.1 Å². The molecule has 2 rings (SSSR count). The lowest BCUT2D eigenvalue weighted by molar-refractivity contribution is 0.473. The maximum atomic E-state index is 12.2. The molecule has 29 heavy (non-hydrogen) atoms. The molecule has 0 aromatic carbocycles. The molecule has 10 heteroatoms. The highest BCUT2D eigenvalue weighted by atomic mass is 32.2. The van der Waals surface area contributed by atoms with Crippen LogP contribution >= 0.6 is 0 Å². The number of hydrogen-bond acceptors (Lipinski definition) is 5. The highest BCUT2D eigenvalue weighted by Gasteiger charge is 2.16. The van der Waals surface area contributed by atoms with Crippen molar-refractivity contribution in [2.24, 2.45) is 12.0 Å². The van der Waals surface area contributed by atoms with E-state index in [-0.39, 0.29) is 11.4 Å². The molecule has 0 saturated heterocycles. The summed E-state index contributed by atoms with van der Waals surface area (Å²) >= 11 is 0. The van der Waals surface area contributed by atoms with E-state index in [9.17, 15) is 8.42 Å². The lowest BCUT2D eigenvalue weighted by Gasteiger charge is -2.22. The Morgan fingerprint density at radius 3 is 2.76 bits per heavy atom. The summed E-state index contributed by atoms with van der Waals surface area (Å²) in [5.74, 6) is 1.05. The number of hydrogen-bond donors (Lipinski definition) is 2. The van der Waals surface area contributed by atoms with Crippen LogP contribution in [0.25, 0.3) is 0 Å². The Balaban J connectivity index is 2.00. The number of aromatic nitrogens is 3. The first-order valence-corrected chi connectivity index (χ1v) is 11.1. The van der Waals surface area contributed by atoms with E-state index < -0.39 is 10.0 Å². The quantitative estimate of drug-likeness (QED) is 0.359.